The van der Waals surface area contributed by atoms with Gasteiger partial charge in [-0.25, -0.2) is 0 Å². The van der Waals surface area contributed by atoms with Gasteiger partial charge < -0.3 is 5.11 Å². The molecule has 0 aromatic heterocycles. The Morgan fingerprint density at radius 2 is 2.10 bits per heavy atom. The van der Waals surface area contributed by atoms with E-state index in [1.165, 1.54) is 0 Å². The maximum absolute atomic E-state index is 9.28. The lowest BCUT2D eigenvalue weighted by molar-refractivity contribution is 0.155. The highest BCUT2D eigenvalue weighted by Crippen LogP contribution is 2.12. The molecule has 2 atom stereocenters. The first kappa shape index (κ1) is 9.99. The molecule has 0 unspecified atom stereocenters. The van der Waals surface area contributed by atoms with Crippen LogP contribution in [-0.2, 0) is 0 Å². The van der Waals surface area contributed by atoms with E-state index in [-0.39, 0.29) is 5.38 Å². The normalized spacial score (nSPS) is 16.9. The lowest BCUT2D eigenvalue weighted by Crippen LogP contribution is -2.20. The first-order valence-electron chi connectivity index (χ1n) is 3.52. The van der Waals surface area contributed by atoms with Gasteiger partial charge >= 0.3 is 0 Å². The van der Waals surface area contributed by atoms with Crippen LogP contribution in [0.1, 0.15) is 20.3 Å². The molecule has 0 saturated carbocycles. The smallest absolute Gasteiger partial charge is 0.0772 e. The molecule has 0 aromatic rings. The van der Waals surface area contributed by atoms with Gasteiger partial charge in [-0.3, -0.25) is 0 Å². The molecule has 0 bridgehead atoms. The summed E-state index contributed by atoms with van der Waals surface area (Å²) in [6.07, 6.45) is 1.86. The Labute approximate surface area is 67.7 Å². The number of alkyl halides is 1. The van der Waals surface area contributed by atoms with Gasteiger partial charge in [-0.05, 0) is 12.3 Å². The molecule has 0 saturated heterocycles. The van der Waals surface area contributed by atoms with E-state index in [1.807, 2.05) is 0 Å². The predicted molar refractivity (Wildman–Crippen MR) is 45.3 cm³/mol. The van der Waals surface area contributed by atoms with E-state index in [0.717, 1.165) is 6.42 Å². The highest BCUT2D eigenvalue weighted by Gasteiger charge is 2.13. The first-order valence-corrected chi connectivity index (χ1v) is 3.96. The highest BCUT2D eigenvalue weighted by atomic mass is 35.5. The van der Waals surface area contributed by atoms with Crippen LogP contribution in [0.25, 0.3) is 0 Å². The van der Waals surface area contributed by atoms with Crippen LogP contribution in [0.2, 0.25) is 0 Å². The van der Waals surface area contributed by atoms with Crippen molar-refractivity contribution >= 4 is 11.6 Å². The van der Waals surface area contributed by atoms with Gasteiger partial charge in [0, 0.05) is 0 Å². The van der Waals surface area contributed by atoms with Gasteiger partial charge in [-0.2, -0.15) is 0 Å². The molecule has 0 radical (unpaired) electrons. The first-order chi connectivity index (χ1) is 4.57. The van der Waals surface area contributed by atoms with Crippen molar-refractivity contribution in [3.05, 3.63) is 12.7 Å². The van der Waals surface area contributed by atoms with Crippen molar-refractivity contribution < 1.29 is 5.11 Å². The van der Waals surface area contributed by atoms with Crippen molar-refractivity contribution in [1.29, 1.82) is 0 Å². The van der Waals surface area contributed by atoms with Gasteiger partial charge in [-0.1, -0.05) is 19.9 Å². The third-order valence-electron chi connectivity index (χ3n) is 1.31. The Kier molecular flexibility index (Phi) is 4.75. The third-order valence-corrected chi connectivity index (χ3v) is 1.77. The minimum Gasteiger partial charge on any atom is -0.391 e. The van der Waals surface area contributed by atoms with E-state index in [0.29, 0.717) is 5.92 Å². The third kappa shape index (κ3) is 3.91. The maximum Gasteiger partial charge on any atom is 0.0772 e. The van der Waals surface area contributed by atoms with Crippen molar-refractivity contribution in [2.24, 2.45) is 5.92 Å². The maximum atomic E-state index is 9.28. The Bertz CT molecular complexity index is 101. The molecule has 0 rings (SSSR count). The molecule has 0 aromatic carbocycles. The van der Waals surface area contributed by atoms with Crippen molar-refractivity contribution in [2.45, 2.75) is 31.7 Å². The van der Waals surface area contributed by atoms with Crippen molar-refractivity contribution in [3.63, 3.8) is 0 Å². The quantitative estimate of drug-likeness (QED) is 0.497. The van der Waals surface area contributed by atoms with Crippen LogP contribution >= 0.6 is 11.6 Å². The van der Waals surface area contributed by atoms with Gasteiger partial charge in [0.1, 0.15) is 0 Å². The summed E-state index contributed by atoms with van der Waals surface area (Å²) in [5, 5.41) is 8.98. The van der Waals surface area contributed by atoms with E-state index in [4.69, 9.17) is 11.6 Å². The summed E-state index contributed by atoms with van der Waals surface area (Å²) in [6.45, 7) is 7.60. The van der Waals surface area contributed by atoms with E-state index in [1.54, 1.807) is 6.08 Å². The zero-order valence-electron chi connectivity index (χ0n) is 6.55. The molecular weight excluding hydrogens is 148 g/mol. The fraction of sp³-hybridized carbons (Fsp3) is 0.750. The zero-order valence-corrected chi connectivity index (χ0v) is 7.30. The van der Waals surface area contributed by atoms with E-state index in [2.05, 4.69) is 20.4 Å². The molecule has 0 fully saturated rings. The number of aliphatic hydroxyl groups is 1. The number of halogens is 1. The minimum atomic E-state index is -0.445. The Morgan fingerprint density at radius 1 is 1.60 bits per heavy atom. The number of hydrogen-bond acceptors (Lipinski definition) is 1. The lowest BCUT2D eigenvalue weighted by Gasteiger charge is -2.14. The average molecular weight is 163 g/mol. The van der Waals surface area contributed by atoms with E-state index in [9.17, 15) is 5.11 Å². The topological polar surface area (TPSA) is 20.2 Å². The summed E-state index contributed by atoms with van der Waals surface area (Å²) in [5.74, 6) is 0.483. The van der Waals surface area contributed by atoms with E-state index >= 15 is 0 Å². The molecule has 0 aliphatic carbocycles. The molecule has 1 nitrogen and oxygen atoms in total. The summed E-state index contributed by atoms with van der Waals surface area (Å²) in [7, 11) is 0. The number of rotatable bonds is 4. The number of aliphatic hydroxyl groups excluding tert-OH is 1. The van der Waals surface area contributed by atoms with Gasteiger partial charge in [0.25, 0.3) is 0 Å². The highest BCUT2D eigenvalue weighted by molar-refractivity contribution is 6.22. The van der Waals surface area contributed by atoms with Crippen molar-refractivity contribution in [1.82, 2.24) is 0 Å². The van der Waals surface area contributed by atoms with Gasteiger partial charge in [0.15, 0.2) is 0 Å². The fourth-order valence-electron chi connectivity index (χ4n) is 0.770. The molecule has 0 heterocycles. The van der Waals surface area contributed by atoms with Gasteiger partial charge in [0.2, 0.25) is 0 Å². The Hall–Kier alpha value is -0.0100. The van der Waals surface area contributed by atoms with Crippen LogP contribution in [0.5, 0.6) is 0 Å². The van der Waals surface area contributed by atoms with Gasteiger partial charge in [0.05, 0.1) is 11.5 Å². The molecule has 60 valence electrons. The van der Waals surface area contributed by atoms with Crippen LogP contribution in [0.3, 0.4) is 0 Å². The Morgan fingerprint density at radius 3 is 2.40 bits per heavy atom. The van der Waals surface area contributed by atoms with Crippen LogP contribution in [-0.4, -0.2) is 16.6 Å². The summed E-state index contributed by atoms with van der Waals surface area (Å²) in [6, 6.07) is 0. The minimum absolute atomic E-state index is 0.303. The van der Waals surface area contributed by atoms with Crippen LogP contribution in [0.15, 0.2) is 12.7 Å². The molecule has 10 heavy (non-hydrogen) atoms. The van der Waals surface area contributed by atoms with Crippen molar-refractivity contribution in [3.8, 4) is 0 Å². The zero-order chi connectivity index (χ0) is 8.15. The molecular formula is C8H15ClO. The van der Waals surface area contributed by atoms with Gasteiger partial charge in [-0.15, -0.1) is 18.2 Å². The summed E-state index contributed by atoms with van der Waals surface area (Å²) in [4.78, 5) is 0. The number of hydrogen-bond donors (Lipinski definition) is 1. The standard InChI is InChI=1S/C8H15ClO/c1-4-7(9)8(10)5-6(2)3/h4,6-8,10H,1,5H2,2-3H3/t7-,8-/m0/s1. The van der Waals surface area contributed by atoms with Crippen LogP contribution in [0.4, 0.5) is 0 Å². The summed E-state index contributed by atoms with van der Waals surface area (Å²) in [5.41, 5.74) is 0. The SMILES string of the molecule is C=C[C@H](Cl)[C@@H](O)CC(C)C. The second-order valence-electron chi connectivity index (χ2n) is 2.88. The largest absolute Gasteiger partial charge is 0.391 e. The second kappa shape index (κ2) is 4.75. The summed E-state index contributed by atoms with van der Waals surface area (Å²) >= 11 is 5.69. The second-order valence-corrected chi connectivity index (χ2v) is 3.38. The van der Waals surface area contributed by atoms with Crippen molar-refractivity contribution in [2.75, 3.05) is 0 Å². The summed E-state index contributed by atoms with van der Waals surface area (Å²) < 4.78 is 0. The average Bonchev–Trinajstić information content (AvgIpc) is 1.85. The molecule has 0 amide bonds. The predicted octanol–water partition coefficient (Wildman–Crippen LogP) is 2.19. The molecule has 0 spiro atoms. The Balaban J connectivity index is 3.60. The molecule has 0 aliphatic heterocycles. The van der Waals surface area contributed by atoms with Crippen LogP contribution < -0.4 is 0 Å². The molecule has 0 aliphatic rings. The lowest BCUT2D eigenvalue weighted by atomic mass is 10.0. The monoisotopic (exact) mass is 162 g/mol. The van der Waals surface area contributed by atoms with Crippen LogP contribution in [0, 0.1) is 5.92 Å². The molecule has 1 N–H and O–H groups in total. The fourth-order valence-corrected chi connectivity index (χ4v) is 0.873. The molecule has 2 heteroatoms. The van der Waals surface area contributed by atoms with E-state index < -0.39 is 6.10 Å².